The highest BCUT2D eigenvalue weighted by Gasteiger charge is 2.37. The maximum absolute atomic E-state index is 12.8. The summed E-state index contributed by atoms with van der Waals surface area (Å²) in [6.45, 7) is 0.0582. The summed E-state index contributed by atoms with van der Waals surface area (Å²) in [7, 11) is 0. The molecule has 3 aromatic rings. The summed E-state index contributed by atoms with van der Waals surface area (Å²) in [5.41, 5.74) is -1.84. The number of halogens is 4. The van der Waals surface area contributed by atoms with Crippen molar-refractivity contribution < 1.29 is 22.8 Å². The average molecular weight is 478 g/mol. The van der Waals surface area contributed by atoms with E-state index in [4.69, 9.17) is 11.6 Å². The molecule has 164 valence electrons. The molecule has 5 nitrogen and oxygen atoms in total. The van der Waals surface area contributed by atoms with Crippen LogP contribution in [0.5, 0.6) is 0 Å². The highest BCUT2D eigenvalue weighted by Crippen LogP contribution is 2.37. The first-order valence-electron chi connectivity index (χ1n) is 9.38. The summed E-state index contributed by atoms with van der Waals surface area (Å²) < 4.78 is 37.5. The average Bonchev–Trinajstić information content (AvgIpc) is 3.01. The molecule has 1 aromatic heterocycles. The number of benzene rings is 2. The van der Waals surface area contributed by atoms with Crippen molar-refractivity contribution >= 4 is 41.0 Å². The minimum Gasteiger partial charge on any atom is -0.310 e. The van der Waals surface area contributed by atoms with Crippen molar-refractivity contribution in [3.63, 3.8) is 0 Å². The van der Waals surface area contributed by atoms with Crippen molar-refractivity contribution in [2.45, 2.75) is 16.9 Å². The summed E-state index contributed by atoms with van der Waals surface area (Å²) in [5.74, 6) is -0.446. The van der Waals surface area contributed by atoms with Gasteiger partial charge in [0.15, 0.2) is 0 Å². The number of alkyl halides is 3. The molecule has 0 spiro atoms. The number of amides is 3. The number of carbonyl (C=O) groups excluding carboxylic acids is 2. The first-order valence-corrected chi connectivity index (χ1v) is 10.6. The topological polar surface area (TPSA) is 53.5 Å². The van der Waals surface area contributed by atoms with Crippen LogP contribution in [0.1, 0.15) is 5.56 Å². The van der Waals surface area contributed by atoms with Gasteiger partial charge in [-0.1, -0.05) is 23.7 Å². The Kier molecular flexibility index (Phi) is 6.12. The number of pyridine rings is 1. The summed E-state index contributed by atoms with van der Waals surface area (Å²) in [5, 5.41) is 0.608. The minimum absolute atomic E-state index is 0.0243. The molecule has 3 amide bonds. The lowest BCUT2D eigenvalue weighted by Crippen LogP contribution is -2.32. The number of anilines is 1. The molecular formula is C22H15ClF3N3O2S. The lowest BCUT2D eigenvalue weighted by Gasteiger charge is -2.18. The van der Waals surface area contributed by atoms with Gasteiger partial charge in [0.1, 0.15) is 6.54 Å². The number of urea groups is 1. The maximum Gasteiger partial charge on any atom is 0.446 e. The third kappa shape index (κ3) is 5.05. The van der Waals surface area contributed by atoms with Crippen LogP contribution in [0, 0.1) is 0 Å². The Morgan fingerprint density at radius 3 is 2.34 bits per heavy atom. The molecular weight excluding hydrogens is 463 g/mol. The van der Waals surface area contributed by atoms with E-state index in [0.29, 0.717) is 10.7 Å². The van der Waals surface area contributed by atoms with Crippen LogP contribution in [0.25, 0.3) is 11.3 Å². The van der Waals surface area contributed by atoms with Gasteiger partial charge in [-0.25, -0.2) is 9.69 Å². The van der Waals surface area contributed by atoms with Gasteiger partial charge in [-0.2, -0.15) is 13.2 Å². The summed E-state index contributed by atoms with van der Waals surface area (Å²) in [6, 6.07) is 15.4. The molecule has 0 saturated carbocycles. The summed E-state index contributed by atoms with van der Waals surface area (Å²) >= 11 is 5.67. The Bertz CT molecular complexity index is 1150. The summed E-state index contributed by atoms with van der Waals surface area (Å²) in [4.78, 5) is 32.0. The molecule has 1 saturated heterocycles. The largest absolute Gasteiger partial charge is 0.446 e. The Balaban J connectivity index is 1.49. The lowest BCUT2D eigenvalue weighted by atomic mass is 10.1. The molecule has 0 N–H and O–H groups in total. The molecule has 1 aliphatic rings. The third-order valence-corrected chi connectivity index (χ3v) is 5.69. The molecule has 0 atom stereocenters. The van der Waals surface area contributed by atoms with Crippen LogP contribution in [-0.2, 0) is 11.3 Å². The number of hydrogen-bond acceptors (Lipinski definition) is 4. The van der Waals surface area contributed by atoms with Crippen molar-refractivity contribution in [2.75, 3.05) is 11.4 Å². The smallest absolute Gasteiger partial charge is 0.310 e. The molecule has 0 aliphatic carbocycles. The van der Waals surface area contributed by atoms with E-state index in [1.165, 1.54) is 29.2 Å². The van der Waals surface area contributed by atoms with Gasteiger partial charge >= 0.3 is 11.5 Å². The zero-order chi connectivity index (χ0) is 22.9. The third-order valence-electron chi connectivity index (χ3n) is 4.70. The maximum atomic E-state index is 12.8. The van der Waals surface area contributed by atoms with Gasteiger partial charge in [0.2, 0.25) is 0 Å². The van der Waals surface area contributed by atoms with Crippen LogP contribution in [-0.4, -0.2) is 33.9 Å². The lowest BCUT2D eigenvalue weighted by molar-refractivity contribution is -0.116. The van der Waals surface area contributed by atoms with Gasteiger partial charge in [0.05, 0.1) is 11.4 Å². The van der Waals surface area contributed by atoms with Crippen molar-refractivity contribution in [3.05, 3.63) is 77.4 Å². The van der Waals surface area contributed by atoms with Gasteiger partial charge in [-0.3, -0.25) is 9.78 Å². The van der Waals surface area contributed by atoms with Crippen LogP contribution in [0.2, 0.25) is 5.02 Å². The van der Waals surface area contributed by atoms with E-state index in [9.17, 15) is 22.8 Å². The molecule has 32 heavy (non-hydrogen) atoms. The quantitative estimate of drug-likeness (QED) is 0.335. The van der Waals surface area contributed by atoms with Gasteiger partial charge in [-0.15, -0.1) is 0 Å². The molecule has 0 bridgehead atoms. The standard InChI is InChI=1S/C22H15ClF3N3O2S/c23-16-3-1-15(2-4-16)19-11-14(9-10-27-19)12-28-13-20(30)29(21(28)31)17-5-7-18(8-6-17)32-22(24,25)26/h1-11H,12-13H2. The predicted molar refractivity (Wildman–Crippen MR) is 116 cm³/mol. The molecule has 2 aromatic carbocycles. The first-order chi connectivity index (χ1) is 15.2. The molecule has 4 rings (SSSR count). The molecule has 0 radical (unpaired) electrons. The number of rotatable bonds is 5. The van der Waals surface area contributed by atoms with Crippen molar-refractivity contribution in [1.29, 1.82) is 0 Å². The van der Waals surface area contributed by atoms with E-state index in [2.05, 4.69) is 4.98 Å². The number of thioether (sulfide) groups is 1. The second kappa shape index (κ2) is 8.84. The van der Waals surface area contributed by atoms with Gasteiger partial charge in [0.25, 0.3) is 5.91 Å². The second-order valence-electron chi connectivity index (χ2n) is 6.97. The van der Waals surface area contributed by atoms with Crippen LogP contribution < -0.4 is 4.90 Å². The van der Waals surface area contributed by atoms with Gasteiger partial charge in [-0.05, 0) is 65.9 Å². The van der Waals surface area contributed by atoms with Crippen LogP contribution in [0.3, 0.4) is 0 Å². The molecule has 10 heteroatoms. The molecule has 2 heterocycles. The van der Waals surface area contributed by atoms with Crippen LogP contribution >= 0.6 is 23.4 Å². The number of aromatic nitrogens is 1. The zero-order valence-corrected chi connectivity index (χ0v) is 17.9. The second-order valence-corrected chi connectivity index (χ2v) is 8.54. The normalized spacial score (nSPS) is 14.4. The number of imide groups is 1. The van der Waals surface area contributed by atoms with Crippen molar-refractivity contribution in [1.82, 2.24) is 9.88 Å². The minimum atomic E-state index is -4.41. The van der Waals surface area contributed by atoms with Crippen LogP contribution in [0.15, 0.2) is 71.8 Å². The van der Waals surface area contributed by atoms with E-state index in [1.54, 1.807) is 24.4 Å². The molecule has 0 unspecified atom stereocenters. The Morgan fingerprint density at radius 2 is 1.69 bits per heavy atom. The monoisotopic (exact) mass is 477 g/mol. The number of carbonyl (C=O) groups is 2. The van der Waals surface area contributed by atoms with Crippen LogP contribution in [0.4, 0.5) is 23.7 Å². The van der Waals surface area contributed by atoms with Crippen molar-refractivity contribution in [3.8, 4) is 11.3 Å². The van der Waals surface area contributed by atoms with E-state index < -0.39 is 17.4 Å². The van der Waals surface area contributed by atoms with Gasteiger partial charge < -0.3 is 4.90 Å². The predicted octanol–water partition coefficient (Wildman–Crippen LogP) is 5.98. The van der Waals surface area contributed by atoms with E-state index >= 15 is 0 Å². The summed E-state index contributed by atoms with van der Waals surface area (Å²) in [6.07, 6.45) is 1.62. The van der Waals surface area contributed by atoms with E-state index in [0.717, 1.165) is 16.0 Å². The van der Waals surface area contributed by atoms with E-state index in [1.807, 2.05) is 18.2 Å². The Morgan fingerprint density at radius 1 is 1.00 bits per heavy atom. The fourth-order valence-corrected chi connectivity index (χ4v) is 3.96. The Labute approximate surface area is 190 Å². The highest BCUT2D eigenvalue weighted by molar-refractivity contribution is 8.00. The molecule has 1 fully saturated rings. The van der Waals surface area contributed by atoms with E-state index in [-0.39, 0.29) is 35.4 Å². The highest BCUT2D eigenvalue weighted by atomic mass is 35.5. The SMILES string of the molecule is O=C1CN(Cc2ccnc(-c3ccc(Cl)cc3)c2)C(=O)N1c1ccc(SC(F)(F)F)cc1. The number of hydrogen-bond donors (Lipinski definition) is 0. The Hall–Kier alpha value is -3.04. The van der Waals surface area contributed by atoms with Gasteiger partial charge in [0, 0.05) is 28.2 Å². The fourth-order valence-electron chi connectivity index (χ4n) is 3.30. The fraction of sp³-hybridized carbons (Fsp3) is 0.136. The number of nitrogens with zero attached hydrogens (tertiary/aromatic N) is 3. The first kappa shape index (κ1) is 22.2. The molecule has 1 aliphatic heterocycles. The zero-order valence-electron chi connectivity index (χ0n) is 16.3. The van der Waals surface area contributed by atoms with Crippen molar-refractivity contribution in [2.24, 2.45) is 0 Å².